The molecule has 3 N–H and O–H groups in total. The molecule has 1 aromatic carbocycles. The number of nitrogen functional groups attached to an aromatic ring is 1. The Bertz CT molecular complexity index is 399. The van der Waals surface area contributed by atoms with E-state index in [-0.39, 0.29) is 12.0 Å². The molecular weight excluding hydrogens is 232 g/mol. The minimum absolute atomic E-state index is 0.0252. The molecule has 1 saturated heterocycles. The number of hydrogen-bond acceptors (Lipinski definition) is 4. The maximum atomic E-state index is 11.9. The van der Waals surface area contributed by atoms with Crippen molar-refractivity contribution in [3.05, 3.63) is 24.3 Å². The molecule has 2 rings (SSSR count). The Hall–Kier alpha value is -1.59. The second-order valence-corrected chi connectivity index (χ2v) is 4.38. The summed E-state index contributed by atoms with van der Waals surface area (Å²) < 4.78 is 10.8. The van der Waals surface area contributed by atoms with Gasteiger partial charge in [-0.1, -0.05) is 0 Å². The van der Waals surface area contributed by atoms with Crippen molar-refractivity contribution in [2.75, 3.05) is 24.3 Å². The first kappa shape index (κ1) is 12.9. The summed E-state index contributed by atoms with van der Waals surface area (Å²) in [5.74, 6) is -0.160. The van der Waals surface area contributed by atoms with Crippen LogP contribution in [0.1, 0.15) is 13.3 Å². The number of nitrogens with one attached hydrogen (secondary N) is 1. The van der Waals surface area contributed by atoms with Crippen molar-refractivity contribution < 1.29 is 14.3 Å². The Morgan fingerprint density at radius 1 is 1.50 bits per heavy atom. The summed E-state index contributed by atoms with van der Waals surface area (Å²) in [5, 5.41) is 2.78. The second-order valence-electron chi connectivity index (χ2n) is 4.38. The number of rotatable bonds is 4. The fraction of sp³-hybridized carbons (Fsp3) is 0.462. The van der Waals surface area contributed by atoms with Crippen molar-refractivity contribution in [1.82, 2.24) is 0 Å². The first-order chi connectivity index (χ1) is 8.65. The van der Waals surface area contributed by atoms with E-state index in [4.69, 9.17) is 15.2 Å². The number of anilines is 2. The van der Waals surface area contributed by atoms with Gasteiger partial charge in [0, 0.05) is 18.0 Å². The number of carbonyl (C=O) groups is 1. The zero-order chi connectivity index (χ0) is 13.0. The van der Waals surface area contributed by atoms with E-state index in [1.807, 2.05) is 0 Å². The first-order valence-electron chi connectivity index (χ1n) is 6.05. The van der Waals surface area contributed by atoms with Crippen LogP contribution in [0, 0.1) is 0 Å². The Morgan fingerprint density at radius 3 is 2.83 bits per heavy atom. The molecule has 1 fully saturated rings. The van der Waals surface area contributed by atoms with Crippen LogP contribution >= 0.6 is 0 Å². The van der Waals surface area contributed by atoms with Gasteiger partial charge in [-0.05, 0) is 37.6 Å². The fourth-order valence-corrected chi connectivity index (χ4v) is 1.78. The predicted octanol–water partition coefficient (Wildman–Crippen LogP) is 1.40. The normalized spacial score (nSPS) is 20.6. The minimum atomic E-state index is -0.491. The molecule has 1 aliphatic rings. The zero-order valence-electron chi connectivity index (χ0n) is 10.4. The number of hydrogen-bond donors (Lipinski definition) is 2. The molecule has 2 atom stereocenters. The number of amides is 1. The average molecular weight is 250 g/mol. The van der Waals surface area contributed by atoms with Crippen molar-refractivity contribution in [1.29, 1.82) is 0 Å². The highest BCUT2D eigenvalue weighted by Crippen LogP contribution is 2.14. The lowest BCUT2D eigenvalue weighted by Gasteiger charge is -2.17. The smallest absolute Gasteiger partial charge is 0.253 e. The molecule has 1 amide bonds. The van der Waals surface area contributed by atoms with Crippen LogP contribution in [-0.4, -0.2) is 31.3 Å². The van der Waals surface area contributed by atoms with Gasteiger partial charge in [-0.25, -0.2) is 0 Å². The molecule has 0 radical (unpaired) electrons. The van der Waals surface area contributed by atoms with E-state index >= 15 is 0 Å². The molecule has 2 unspecified atom stereocenters. The van der Waals surface area contributed by atoms with Gasteiger partial charge in [-0.2, -0.15) is 0 Å². The molecule has 0 aromatic heterocycles. The summed E-state index contributed by atoms with van der Waals surface area (Å²) in [7, 11) is 0. The number of nitrogens with two attached hydrogens (primary N) is 1. The Balaban J connectivity index is 1.84. The number of benzene rings is 1. The monoisotopic (exact) mass is 250 g/mol. The maximum Gasteiger partial charge on any atom is 0.253 e. The van der Waals surface area contributed by atoms with E-state index in [2.05, 4.69) is 5.32 Å². The van der Waals surface area contributed by atoms with E-state index in [0.717, 1.165) is 6.42 Å². The molecule has 1 heterocycles. The molecule has 5 heteroatoms. The molecule has 0 aliphatic carbocycles. The van der Waals surface area contributed by atoms with Crippen LogP contribution in [0.15, 0.2) is 24.3 Å². The van der Waals surface area contributed by atoms with Crippen LogP contribution in [0.25, 0.3) is 0 Å². The summed E-state index contributed by atoms with van der Waals surface area (Å²) in [4.78, 5) is 11.9. The molecular formula is C13H18N2O3. The van der Waals surface area contributed by atoms with Gasteiger partial charge in [0.05, 0.1) is 12.7 Å². The van der Waals surface area contributed by atoms with E-state index in [1.165, 1.54) is 0 Å². The Morgan fingerprint density at radius 2 is 2.22 bits per heavy atom. The van der Waals surface area contributed by atoms with Gasteiger partial charge < -0.3 is 20.5 Å². The molecule has 0 spiro atoms. The topological polar surface area (TPSA) is 73.6 Å². The van der Waals surface area contributed by atoms with E-state index < -0.39 is 6.10 Å². The zero-order valence-corrected chi connectivity index (χ0v) is 10.4. The van der Waals surface area contributed by atoms with Crippen molar-refractivity contribution in [2.45, 2.75) is 25.6 Å². The van der Waals surface area contributed by atoms with Crippen molar-refractivity contribution in [3.63, 3.8) is 0 Å². The summed E-state index contributed by atoms with van der Waals surface area (Å²) >= 11 is 0. The van der Waals surface area contributed by atoms with Crippen LogP contribution in [0.4, 0.5) is 11.4 Å². The van der Waals surface area contributed by atoms with E-state index in [9.17, 15) is 4.79 Å². The van der Waals surface area contributed by atoms with Gasteiger partial charge in [0.2, 0.25) is 0 Å². The summed E-state index contributed by atoms with van der Waals surface area (Å²) in [6.07, 6.45) is 0.380. The lowest BCUT2D eigenvalue weighted by Crippen LogP contribution is -2.31. The van der Waals surface area contributed by atoms with Crippen LogP contribution in [0.5, 0.6) is 0 Å². The Labute approximate surface area is 106 Å². The second kappa shape index (κ2) is 5.84. The molecule has 0 saturated carbocycles. The van der Waals surface area contributed by atoms with Gasteiger partial charge in [-0.3, -0.25) is 4.79 Å². The summed E-state index contributed by atoms with van der Waals surface area (Å²) in [6, 6.07) is 7.01. The highest BCUT2D eigenvalue weighted by molar-refractivity contribution is 5.94. The lowest BCUT2D eigenvalue weighted by molar-refractivity contribution is -0.129. The van der Waals surface area contributed by atoms with Gasteiger partial charge in [0.25, 0.3) is 5.91 Å². The minimum Gasteiger partial charge on any atom is -0.399 e. The largest absolute Gasteiger partial charge is 0.399 e. The number of ether oxygens (including phenoxy) is 2. The van der Waals surface area contributed by atoms with Crippen LogP contribution in [0.3, 0.4) is 0 Å². The van der Waals surface area contributed by atoms with Gasteiger partial charge in [0.1, 0.15) is 6.10 Å². The molecule has 18 heavy (non-hydrogen) atoms. The standard InChI is InChI=1S/C13H18N2O3/c1-9(18-12-6-7-17-8-12)13(16)15-11-4-2-10(14)3-5-11/h2-5,9,12H,6-8,14H2,1H3,(H,15,16). The van der Waals surface area contributed by atoms with Crippen LogP contribution in [0.2, 0.25) is 0 Å². The van der Waals surface area contributed by atoms with Gasteiger partial charge in [-0.15, -0.1) is 0 Å². The first-order valence-corrected chi connectivity index (χ1v) is 6.05. The maximum absolute atomic E-state index is 11.9. The van der Waals surface area contributed by atoms with Crippen LogP contribution in [-0.2, 0) is 14.3 Å². The van der Waals surface area contributed by atoms with Crippen LogP contribution < -0.4 is 11.1 Å². The highest BCUT2D eigenvalue weighted by Gasteiger charge is 2.22. The summed E-state index contributed by atoms with van der Waals surface area (Å²) in [5.41, 5.74) is 6.96. The summed E-state index contributed by atoms with van der Waals surface area (Å²) in [6.45, 7) is 3.02. The average Bonchev–Trinajstić information content (AvgIpc) is 2.85. The highest BCUT2D eigenvalue weighted by atomic mass is 16.6. The third-order valence-electron chi connectivity index (χ3n) is 2.83. The lowest BCUT2D eigenvalue weighted by atomic mass is 10.2. The fourth-order valence-electron chi connectivity index (χ4n) is 1.78. The molecule has 1 aliphatic heterocycles. The molecule has 0 bridgehead atoms. The van der Waals surface area contributed by atoms with E-state index in [0.29, 0.717) is 24.6 Å². The third kappa shape index (κ3) is 3.45. The molecule has 5 nitrogen and oxygen atoms in total. The van der Waals surface area contributed by atoms with Crippen molar-refractivity contribution in [2.24, 2.45) is 0 Å². The van der Waals surface area contributed by atoms with E-state index in [1.54, 1.807) is 31.2 Å². The van der Waals surface area contributed by atoms with Crippen molar-refractivity contribution in [3.8, 4) is 0 Å². The third-order valence-corrected chi connectivity index (χ3v) is 2.83. The molecule has 1 aromatic rings. The number of carbonyl (C=O) groups excluding carboxylic acids is 1. The van der Waals surface area contributed by atoms with Gasteiger partial charge in [0.15, 0.2) is 0 Å². The molecule has 98 valence electrons. The SMILES string of the molecule is CC(OC1CCOC1)C(=O)Nc1ccc(N)cc1. The Kier molecular flexibility index (Phi) is 4.17. The predicted molar refractivity (Wildman–Crippen MR) is 69.3 cm³/mol. The quantitative estimate of drug-likeness (QED) is 0.792. The van der Waals surface area contributed by atoms with Gasteiger partial charge >= 0.3 is 0 Å². The van der Waals surface area contributed by atoms with Crippen molar-refractivity contribution >= 4 is 17.3 Å².